The van der Waals surface area contributed by atoms with E-state index < -0.39 is 10.0 Å². The number of rotatable bonds is 7. The number of benzene rings is 1. The van der Waals surface area contributed by atoms with E-state index in [1.165, 1.54) is 22.6 Å². The van der Waals surface area contributed by atoms with Crippen molar-refractivity contribution in [3.63, 3.8) is 0 Å². The molecule has 0 saturated carbocycles. The molecule has 1 N–H and O–H groups in total. The second-order valence-electron chi connectivity index (χ2n) is 6.81. The maximum Gasteiger partial charge on any atom is 0.257 e. The Hall–Kier alpha value is -3.04. The molecule has 0 spiro atoms. The highest BCUT2D eigenvalue weighted by Gasteiger charge is 2.21. The zero-order chi connectivity index (χ0) is 21.9. The zero-order valence-corrected chi connectivity index (χ0v) is 18.3. The Morgan fingerprint density at radius 3 is 2.23 bits per heavy atom. The van der Waals surface area contributed by atoms with E-state index in [1.807, 2.05) is 19.9 Å². The lowest BCUT2D eigenvalue weighted by Gasteiger charge is -2.18. The number of aryl methyl sites for hydroxylation is 2. The molecular weight excluding hydrogens is 402 g/mol. The summed E-state index contributed by atoms with van der Waals surface area (Å²) in [5, 5.41) is 7.14. The second kappa shape index (κ2) is 8.76. The number of hydrogen-bond acceptors (Lipinski definition) is 5. The van der Waals surface area contributed by atoms with Crippen molar-refractivity contribution < 1.29 is 13.2 Å². The van der Waals surface area contributed by atoms with Crippen LogP contribution in [0.15, 0.2) is 53.6 Å². The van der Waals surface area contributed by atoms with Gasteiger partial charge in [0.2, 0.25) is 10.0 Å². The van der Waals surface area contributed by atoms with Gasteiger partial charge in [0.05, 0.1) is 16.2 Å². The summed E-state index contributed by atoms with van der Waals surface area (Å²) in [5.74, 6) is 0.296. The van der Waals surface area contributed by atoms with Gasteiger partial charge in [0, 0.05) is 30.7 Å². The van der Waals surface area contributed by atoms with E-state index in [2.05, 4.69) is 15.4 Å². The van der Waals surface area contributed by atoms with Gasteiger partial charge in [0.25, 0.3) is 5.91 Å². The Morgan fingerprint density at radius 1 is 1.07 bits per heavy atom. The van der Waals surface area contributed by atoms with Crippen molar-refractivity contribution in [2.24, 2.45) is 0 Å². The molecule has 0 unspecified atom stereocenters. The van der Waals surface area contributed by atoms with Crippen LogP contribution in [-0.2, 0) is 10.0 Å². The van der Waals surface area contributed by atoms with Gasteiger partial charge in [-0.15, -0.1) is 0 Å². The molecule has 3 aromatic rings. The first-order valence-corrected chi connectivity index (χ1v) is 11.1. The first-order chi connectivity index (χ1) is 14.3. The summed E-state index contributed by atoms with van der Waals surface area (Å²) in [6.07, 6.45) is 1.49. The van der Waals surface area contributed by atoms with Crippen LogP contribution in [0.1, 0.15) is 35.6 Å². The third kappa shape index (κ3) is 4.42. The fraction of sp³-hybridized carbons (Fsp3) is 0.286. The average molecular weight is 428 g/mol. The van der Waals surface area contributed by atoms with Crippen molar-refractivity contribution in [3.8, 4) is 5.82 Å². The predicted molar refractivity (Wildman–Crippen MR) is 115 cm³/mol. The standard InChI is InChI=1S/C21H25N5O3S/c1-5-25(6-2)30(28,29)19-10-8-18(9-11-19)23-21(27)17-7-12-20(22-14-17)26-16(4)13-15(3)24-26/h7-14H,5-6H2,1-4H3,(H,23,27). The predicted octanol–water partition coefficient (Wildman–Crippen LogP) is 3.17. The summed E-state index contributed by atoms with van der Waals surface area (Å²) >= 11 is 0. The number of sulfonamides is 1. The molecule has 1 amide bonds. The van der Waals surface area contributed by atoms with Crippen molar-refractivity contribution >= 4 is 21.6 Å². The number of hydrogen-bond donors (Lipinski definition) is 1. The Balaban J connectivity index is 1.72. The largest absolute Gasteiger partial charge is 0.322 e. The van der Waals surface area contributed by atoms with Crippen molar-refractivity contribution in [2.75, 3.05) is 18.4 Å². The highest BCUT2D eigenvalue weighted by atomic mass is 32.2. The molecule has 2 aromatic heterocycles. The van der Waals surface area contributed by atoms with Crippen LogP contribution in [0, 0.1) is 13.8 Å². The minimum Gasteiger partial charge on any atom is -0.322 e. The van der Waals surface area contributed by atoms with E-state index in [0.29, 0.717) is 30.2 Å². The van der Waals surface area contributed by atoms with E-state index in [4.69, 9.17) is 0 Å². The maximum atomic E-state index is 12.5. The monoisotopic (exact) mass is 427 g/mol. The SMILES string of the molecule is CCN(CC)S(=O)(=O)c1ccc(NC(=O)c2ccc(-n3nc(C)cc3C)nc2)cc1. The lowest BCUT2D eigenvalue weighted by Crippen LogP contribution is -2.30. The number of amides is 1. The van der Waals surface area contributed by atoms with E-state index in [0.717, 1.165) is 11.4 Å². The van der Waals surface area contributed by atoms with Crippen LogP contribution in [0.3, 0.4) is 0 Å². The van der Waals surface area contributed by atoms with Crippen LogP contribution >= 0.6 is 0 Å². The van der Waals surface area contributed by atoms with Crippen LogP contribution in [0.25, 0.3) is 5.82 Å². The summed E-state index contributed by atoms with van der Waals surface area (Å²) in [7, 11) is -3.53. The number of pyridine rings is 1. The molecule has 158 valence electrons. The Kier molecular flexibility index (Phi) is 6.33. The average Bonchev–Trinajstić information content (AvgIpc) is 3.07. The molecule has 0 aliphatic heterocycles. The fourth-order valence-corrected chi connectivity index (χ4v) is 4.59. The van der Waals surface area contributed by atoms with Gasteiger partial charge in [-0.05, 0) is 56.3 Å². The zero-order valence-electron chi connectivity index (χ0n) is 17.5. The minimum absolute atomic E-state index is 0.195. The number of nitrogens with one attached hydrogen (secondary N) is 1. The number of aromatic nitrogens is 3. The van der Waals surface area contributed by atoms with Gasteiger partial charge in [-0.25, -0.2) is 18.1 Å². The van der Waals surface area contributed by atoms with Crippen LogP contribution in [0.2, 0.25) is 0 Å². The molecule has 0 radical (unpaired) electrons. The molecule has 0 aliphatic rings. The smallest absolute Gasteiger partial charge is 0.257 e. The summed E-state index contributed by atoms with van der Waals surface area (Å²) in [4.78, 5) is 17.0. The van der Waals surface area contributed by atoms with Crippen LogP contribution in [0.5, 0.6) is 0 Å². The molecular formula is C21H25N5O3S. The maximum absolute atomic E-state index is 12.5. The molecule has 1 aromatic carbocycles. The molecule has 8 nitrogen and oxygen atoms in total. The third-order valence-corrected chi connectivity index (χ3v) is 6.76. The topological polar surface area (TPSA) is 97.2 Å². The molecule has 30 heavy (non-hydrogen) atoms. The van der Waals surface area contributed by atoms with Crippen LogP contribution in [0.4, 0.5) is 5.69 Å². The molecule has 2 heterocycles. The van der Waals surface area contributed by atoms with Gasteiger partial charge in [-0.3, -0.25) is 4.79 Å². The Bertz CT molecular complexity index is 1130. The highest BCUT2D eigenvalue weighted by Crippen LogP contribution is 2.19. The van der Waals surface area contributed by atoms with E-state index in [1.54, 1.807) is 42.8 Å². The van der Waals surface area contributed by atoms with Gasteiger partial charge in [0.15, 0.2) is 5.82 Å². The first-order valence-electron chi connectivity index (χ1n) is 9.67. The minimum atomic E-state index is -3.53. The molecule has 0 bridgehead atoms. The molecule has 0 fully saturated rings. The van der Waals surface area contributed by atoms with Gasteiger partial charge in [0.1, 0.15) is 0 Å². The third-order valence-electron chi connectivity index (χ3n) is 4.69. The molecule has 9 heteroatoms. The Labute approximate surface area is 176 Å². The van der Waals surface area contributed by atoms with E-state index >= 15 is 0 Å². The molecule has 0 saturated heterocycles. The lowest BCUT2D eigenvalue weighted by molar-refractivity contribution is 0.102. The molecule has 0 aliphatic carbocycles. The Morgan fingerprint density at radius 2 is 1.73 bits per heavy atom. The van der Waals surface area contributed by atoms with E-state index in [9.17, 15) is 13.2 Å². The quantitative estimate of drug-likeness (QED) is 0.625. The molecule has 0 atom stereocenters. The number of carbonyl (C=O) groups excluding carboxylic acids is 1. The number of nitrogens with zero attached hydrogens (tertiary/aromatic N) is 4. The number of anilines is 1. The van der Waals surface area contributed by atoms with Gasteiger partial charge in [-0.2, -0.15) is 9.40 Å². The summed E-state index contributed by atoms with van der Waals surface area (Å²) in [6, 6.07) is 11.5. The fourth-order valence-electron chi connectivity index (χ4n) is 3.13. The van der Waals surface area contributed by atoms with Gasteiger partial charge >= 0.3 is 0 Å². The van der Waals surface area contributed by atoms with Crippen molar-refractivity contribution in [1.29, 1.82) is 0 Å². The van der Waals surface area contributed by atoms with Crippen molar-refractivity contribution in [2.45, 2.75) is 32.6 Å². The molecule has 3 rings (SSSR count). The highest BCUT2D eigenvalue weighted by molar-refractivity contribution is 7.89. The van der Waals surface area contributed by atoms with Crippen LogP contribution < -0.4 is 5.32 Å². The van der Waals surface area contributed by atoms with Crippen LogP contribution in [-0.4, -0.2) is 46.5 Å². The lowest BCUT2D eigenvalue weighted by atomic mass is 10.2. The summed E-state index contributed by atoms with van der Waals surface area (Å²) < 4.78 is 28.2. The van der Waals surface area contributed by atoms with Crippen molar-refractivity contribution in [1.82, 2.24) is 19.1 Å². The second-order valence-corrected chi connectivity index (χ2v) is 8.75. The summed E-state index contributed by atoms with van der Waals surface area (Å²) in [6.45, 7) is 8.24. The van der Waals surface area contributed by atoms with E-state index in [-0.39, 0.29) is 10.8 Å². The summed E-state index contributed by atoms with van der Waals surface area (Å²) in [5.41, 5.74) is 2.74. The number of carbonyl (C=O) groups is 1. The van der Waals surface area contributed by atoms with Gasteiger partial charge < -0.3 is 5.32 Å². The van der Waals surface area contributed by atoms with Crippen molar-refractivity contribution in [3.05, 3.63) is 65.6 Å². The first kappa shape index (κ1) is 21.7. The van der Waals surface area contributed by atoms with Gasteiger partial charge in [-0.1, -0.05) is 13.8 Å². The normalized spacial score (nSPS) is 11.6.